The number of hydrogen-bond acceptors (Lipinski definition) is 7. The number of nitrogens with one attached hydrogen (secondary N) is 3. The Kier molecular flexibility index (Phi) is 11.5. The molecule has 1 aliphatic rings. The van der Waals surface area contributed by atoms with Crippen LogP contribution in [-0.4, -0.2) is 36.4 Å². The van der Waals surface area contributed by atoms with Gasteiger partial charge in [0.05, 0.1) is 28.0 Å². The summed E-state index contributed by atoms with van der Waals surface area (Å²) in [6.45, 7) is 3.83. The Morgan fingerprint density at radius 1 is 1.07 bits per heavy atom. The van der Waals surface area contributed by atoms with Crippen molar-refractivity contribution in [2.24, 2.45) is 5.10 Å². The minimum Gasteiger partial charge on any atom is -0.487 e. The number of thiocarbonyl (C=S) groups is 1. The molecular weight excluding hydrogens is 782 g/mol. The molecule has 0 aromatic heterocycles. The number of esters is 1. The van der Waals surface area contributed by atoms with Gasteiger partial charge < -0.3 is 24.8 Å². The van der Waals surface area contributed by atoms with Crippen LogP contribution in [0.3, 0.4) is 0 Å². The third kappa shape index (κ3) is 8.41. The molecular formula is C30H28I2N4O5S. The van der Waals surface area contributed by atoms with Gasteiger partial charge in [0.15, 0.2) is 11.7 Å². The van der Waals surface area contributed by atoms with Crippen LogP contribution in [-0.2, 0) is 20.9 Å². The molecule has 1 atom stereocenters. The number of hydrazone groups is 1. The van der Waals surface area contributed by atoms with Crippen molar-refractivity contribution in [3.63, 3.8) is 0 Å². The third-order valence-corrected chi connectivity index (χ3v) is 7.65. The van der Waals surface area contributed by atoms with Gasteiger partial charge in [-0.2, -0.15) is 5.10 Å². The first-order valence-electron chi connectivity index (χ1n) is 12.9. The van der Waals surface area contributed by atoms with E-state index in [0.29, 0.717) is 40.1 Å². The first kappa shape index (κ1) is 31.7. The Hall–Kier alpha value is -3.24. The van der Waals surface area contributed by atoms with Gasteiger partial charge in [-0.15, -0.1) is 0 Å². The minimum absolute atomic E-state index is 0.230. The lowest BCUT2D eigenvalue weighted by Gasteiger charge is -2.30. The molecule has 0 saturated heterocycles. The quantitative estimate of drug-likeness (QED) is 0.0782. The molecule has 0 unspecified atom stereocenters. The minimum atomic E-state index is -0.618. The highest BCUT2D eigenvalue weighted by atomic mass is 127. The van der Waals surface area contributed by atoms with Crippen molar-refractivity contribution < 1.29 is 23.8 Å². The fourth-order valence-corrected chi connectivity index (χ4v) is 6.48. The molecule has 0 bridgehead atoms. The summed E-state index contributed by atoms with van der Waals surface area (Å²) in [4.78, 5) is 25.4. The van der Waals surface area contributed by atoms with Crippen molar-refractivity contribution in [2.75, 3.05) is 13.2 Å². The Labute approximate surface area is 276 Å². The van der Waals surface area contributed by atoms with E-state index < -0.39 is 17.9 Å². The largest absolute Gasteiger partial charge is 0.487 e. The van der Waals surface area contributed by atoms with E-state index in [4.69, 9.17) is 26.4 Å². The van der Waals surface area contributed by atoms with Crippen LogP contribution < -0.4 is 25.5 Å². The Morgan fingerprint density at radius 3 is 2.57 bits per heavy atom. The van der Waals surface area contributed by atoms with Crippen molar-refractivity contribution in [3.05, 3.63) is 102 Å². The molecule has 1 heterocycles. The number of para-hydroxylation sites is 1. The Balaban J connectivity index is 1.43. The zero-order chi connectivity index (χ0) is 30.1. The number of halogens is 2. The summed E-state index contributed by atoms with van der Waals surface area (Å²) in [6, 6.07) is 20.3. The predicted octanol–water partition coefficient (Wildman–Crippen LogP) is 5.36. The zero-order valence-corrected chi connectivity index (χ0v) is 27.9. The van der Waals surface area contributed by atoms with Crippen molar-refractivity contribution in [2.45, 2.75) is 26.5 Å². The van der Waals surface area contributed by atoms with Gasteiger partial charge in [0.2, 0.25) is 0 Å². The molecule has 4 rings (SSSR count). The van der Waals surface area contributed by atoms with E-state index >= 15 is 0 Å². The van der Waals surface area contributed by atoms with Gasteiger partial charge in [-0.25, -0.2) is 10.2 Å². The van der Waals surface area contributed by atoms with Gasteiger partial charge in [-0.05, 0) is 95.0 Å². The fraction of sp³-hybridized carbons (Fsp3) is 0.200. The van der Waals surface area contributed by atoms with E-state index in [9.17, 15) is 9.59 Å². The van der Waals surface area contributed by atoms with Gasteiger partial charge in [0.25, 0.3) is 5.91 Å². The highest BCUT2D eigenvalue weighted by Crippen LogP contribution is 2.33. The molecule has 0 spiro atoms. The van der Waals surface area contributed by atoms with Crippen LogP contribution in [0.2, 0.25) is 0 Å². The summed E-state index contributed by atoms with van der Waals surface area (Å²) >= 11 is 9.78. The SMILES string of the molecule is CCOC(=O)C1=C(C)NC(=S)N[C@H]1c1ccccc1OCC(=O)NN=Cc1cc(I)cc(I)c1OCc1ccccc1. The monoisotopic (exact) mass is 810 g/mol. The number of benzene rings is 3. The average molecular weight is 810 g/mol. The summed E-state index contributed by atoms with van der Waals surface area (Å²) < 4.78 is 19.2. The molecule has 9 nitrogen and oxygen atoms in total. The molecule has 0 aliphatic carbocycles. The lowest BCUT2D eigenvalue weighted by atomic mass is 9.95. The summed E-state index contributed by atoms with van der Waals surface area (Å²) in [5.74, 6) is 0.161. The highest BCUT2D eigenvalue weighted by Gasteiger charge is 2.32. The number of rotatable bonds is 11. The Morgan fingerprint density at radius 2 is 1.81 bits per heavy atom. The molecule has 42 heavy (non-hydrogen) atoms. The number of allylic oxidation sites excluding steroid dienone is 1. The summed E-state index contributed by atoms with van der Waals surface area (Å²) in [6.07, 6.45) is 1.55. The molecule has 0 saturated carbocycles. The zero-order valence-electron chi connectivity index (χ0n) is 22.8. The van der Waals surface area contributed by atoms with Crippen LogP contribution in [0.1, 0.15) is 36.6 Å². The summed E-state index contributed by atoms with van der Waals surface area (Å²) in [5, 5.41) is 10.6. The standard InChI is InChI=1S/C30H28I2N4O5S/c1-3-39-29(38)26-18(2)34-30(42)35-27(26)22-11-7-8-12-24(22)40-17-25(37)36-33-15-20-13-21(31)14-23(32)28(20)41-16-19-9-5-4-6-10-19/h4-15,27H,3,16-17H2,1-2H3,(H,36,37)(H2,34,35,42)/t27-/m0/s1. The molecule has 12 heteroatoms. The topological polar surface area (TPSA) is 110 Å². The average Bonchev–Trinajstić information content (AvgIpc) is 2.96. The van der Waals surface area contributed by atoms with Crippen molar-refractivity contribution >= 4 is 80.6 Å². The summed E-state index contributed by atoms with van der Waals surface area (Å²) in [7, 11) is 0. The number of carbonyl (C=O) groups excluding carboxylic acids is 2. The first-order valence-corrected chi connectivity index (χ1v) is 15.5. The molecule has 1 aliphatic heterocycles. The smallest absolute Gasteiger partial charge is 0.338 e. The van der Waals surface area contributed by atoms with E-state index in [1.54, 1.807) is 38.3 Å². The lowest BCUT2D eigenvalue weighted by molar-refractivity contribution is -0.139. The van der Waals surface area contributed by atoms with Crippen molar-refractivity contribution in [3.8, 4) is 11.5 Å². The second-order valence-electron chi connectivity index (χ2n) is 8.99. The van der Waals surface area contributed by atoms with E-state index in [0.717, 1.165) is 18.3 Å². The molecule has 3 aromatic rings. The van der Waals surface area contributed by atoms with Crippen molar-refractivity contribution in [1.29, 1.82) is 0 Å². The van der Waals surface area contributed by atoms with Crippen molar-refractivity contribution in [1.82, 2.24) is 16.1 Å². The van der Waals surface area contributed by atoms with Gasteiger partial charge in [-0.1, -0.05) is 48.5 Å². The molecule has 0 fully saturated rings. The van der Waals surface area contributed by atoms with Gasteiger partial charge in [0, 0.05) is 20.4 Å². The maximum atomic E-state index is 12.8. The number of amides is 1. The molecule has 3 N–H and O–H groups in total. The number of ether oxygens (including phenoxy) is 3. The molecule has 218 valence electrons. The second kappa shape index (κ2) is 15.3. The maximum Gasteiger partial charge on any atom is 0.338 e. The highest BCUT2D eigenvalue weighted by molar-refractivity contribution is 14.1. The van der Waals surface area contributed by atoms with Crippen LogP contribution in [0, 0.1) is 7.14 Å². The number of hydrogen-bond donors (Lipinski definition) is 3. The number of nitrogens with zero attached hydrogens (tertiary/aromatic N) is 1. The van der Waals surface area contributed by atoms with Crippen LogP contribution in [0.15, 0.2) is 83.1 Å². The van der Waals surface area contributed by atoms with Crippen LogP contribution in [0.25, 0.3) is 0 Å². The van der Waals surface area contributed by atoms with E-state index in [1.807, 2.05) is 48.5 Å². The normalized spacial score (nSPS) is 14.7. The van der Waals surface area contributed by atoms with Crippen LogP contribution >= 0.6 is 57.4 Å². The van der Waals surface area contributed by atoms with Gasteiger partial charge >= 0.3 is 5.97 Å². The molecule has 1 amide bonds. The molecule has 0 radical (unpaired) electrons. The number of carbonyl (C=O) groups is 2. The van der Waals surface area contributed by atoms with Gasteiger partial charge in [0.1, 0.15) is 18.1 Å². The van der Waals surface area contributed by atoms with E-state index in [-0.39, 0.29) is 13.2 Å². The van der Waals surface area contributed by atoms with Crippen LogP contribution in [0.4, 0.5) is 0 Å². The maximum absolute atomic E-state index is 12.8. The molecule has 3 aromatic carbocycles. The first-order chi connectivity index (χ1) is 20.3. The predicted molar refractivity (Wildman–Crippen MR) is 181 cm³/mol. The lowest BCUT2D eigenvalue weighted by Crippen LogP contribution is -2.45. The van der Waals surface area contributed by atoms with Gasteiger partial charge in [-0.3, -0.25) is 4.79 Å². The van der Waals surface area contributed by atoms with E-state index in [1.165, 1.54) is 0 Å². The fourth-order valence-electron chi connectivity index (χ4n) is 4.16. The van der Waals surface area contributed by atoms with E-state index in [2.05, 4.69) is 66.3 Å². The summed E-state index contributed by atoms with van der Waals surface area (Å²) in [5.41, 5.74) is 5.89. The third-order valence-electron chi connectivity index (χ3n) is 6.01. The second-order valence-corrected chi connectivity index (χ2v) is 11.8. The van der Waals surface area contributed by atoms with Crippen LogP contribution in [0.5, 0.6) is 11.5 Å². The Bertz CT molecular complexity index is 1530.